The van der Waals surface area contributed by atoms with Crippen LogP contribution in [0.2, 0.25) is 5.02 Å². The Morgan fingerprint density at radius 3 is 2.62 bits per heavy atom. The van der Waals surface area contributed by atoms with Crippen LogP contribution < -0.4 is 16.0 Å². The maximum absolute atomic E-state index is 14.2. The van der Waals surface area contributed by atoms with E-state index in [0.717, 1.165) is 12.8 Å². The van der Waals surface area contributed by atoms with Crippen LogP contribution >= 0.6 is 11.6 Å². The maximum Gasteiger partial charge on any atom is 0.406 e. The molecule has 1 unspecified atom stereocenters. The monoisotopic (exact) mass is 576 g/mol. The van der Waals surface area contributed by atoms with Crippen molar-refractivity contribution in [2.24, 2.45) is 11.8 Å². The zero-order chi connectivity index (χ0) is 28.4. The van der Waals surface area contributed by atoms with E-state index in [9.17, 15) is 22.8 Å². The fourth-order valence-electron chi connectivity index (χ4n) is 5.54. The van der Waals surface area contributed by atoms with Crippen molar-refractivity contribution in [2.45, 2.75) is 63.0 Å². The number of nitrogens with one attached hydrogen (secondary N) is 3. The lowest BCUT2D eigenvalue weighted by molar-refractivity contribution is -0.0473. The second-order valence-electron chi connectivity index (χ2n) is 10.5. The van der Waals surface area contributed by atoms with E-state index in [0.29, 0.717) is 44.5 Å². The predicted molar refractivity (Wildman–Crippen MR) is 143 cm³/mol. The van der Waals surface area contributed by atoms with Crippen LogP contribution in [0.4, 0.5) is 22.8 Å². The summed E-state index contributed by atoms with van der Waals surface area (Å²) >= 11 is 6.13. The smallest absolute Gasteiger partial charge is 0.406 e. The molecule has 3 N–H and O–H groups in total. The highest BCUT2D eigenvalue weighted by Crippen LogP contribution is 2.38. The summed E-state index contributed by atoms with van der Waals surface area (Å²) in [7, 11) is 3.07. The number of carbonyl (C=O) groups is 2. The van der Waals surface area contributed by atoms with Gasteiger partial charge in [-0.3, -0.25) is 0 Å². The summed E-state index contributed by atoms with van der Waals surface area (Å²) in [5.41, 5.74) is 0.562. The van der Waals surface area contributed by atoms with Crippen LogP contribution in [-0.2, 0) is 9.47 Å². The molecule has 1 aromatic carbocycles. The van der Waals surface area contributed by atoms with Crippen molar-refractivity contribution in [3.63, 3.8) is 0 Å². The van der Waals surface area contributed by atoms with Gasteiger partial charge in [-0.1, -0.05) is 11.6 Å². The summed E-state index contributed by atoms with van der Waals surface area (Å²) in [4.78, 5) is 26.4. The number of hydrogen-bond donors (Lipinski definition) is 3. The minimum atomic E-state index is -2.58. The van der Waals surface area contributed by atoms with Crippen LogP contribution in [0.1, 0.15) is 56.6 Å². The zero-order valence-electron chi connectivity index (χ0n) is 22.6. The number of methoxy groups -OCH3 is 1. The van der Waals surface area contributed by atoms with Crippen molar-refractivity contribution in [1.82, 2.24) is 20.9 Å². The number of ether oxygens (including phenoxy) is 2. The van der Waals surface area contributed by atoms with Crippen molar-refractivity contribution in [1.29, 1.82) is 0 Å². The lowest BCUT2D eigenvalue weighted by Gasteiger charge is -2.38. The van der Waals surface area contributed by atoms with Crippen LogP contribution in [0.15, 0.2) is 18.2 Å². The fraction of sp³-hybridized carbons (Fsp3) is 0.704. The first kappa shape index (κ1) is 31.3. The number of alkyl carbamates (subject to hydrolysis) is 1. The predicted octanol–water partition coefficient (Wildman–Crippen LogP) is 5.12. The molecule has 12 heteroatoms. The van der Waals surface area contributed by atoms with Gasteiger partial charge < -0.3 is 30.3 Å². The molecule has 3 rings (SSSR count). The molecule has 3 atom stereocenters. The lowest BCUT2D eigenvalue weighted by Crippen LogP contribution is -2.52. The Morgan fingerprint density at radius 1 is 1.21 bits per heavy atom. The van der Waals surface area contributed by atoms with Crippen LogP contribution in [0.25, 0.3) is 0 Å². The second kappa shape index (κ2) is 14.9. The van der Waals surface area contributed by atoms with Crippen LogP contribution in [0.3, 0.4) is 0 Å². The Hall–Kier alpha value is -2.24. The van der Waals surface area contributed by atoms with E-state index >= 15 is 0 Å². The average molecular weight is 577 g/mol. The number of likely N-dealkylation sites (tertiary alicyclic amines) is 1. The number of rotatable bonds is 11. The Kier molecular flexibility index (Phi) is 12.0. The first-order valence-electron chi connectivity index (χ1n) is 13.6. The molecule has 1 aliphatic heterocycles. The number of hydrogen-bond acceptors (Lipinski definition) is 5. The molecule has 0 radical (unpaired) electrons. The lowest BCUT2D eigenvalue weighted by atomic mass is 9.83. The highest BCUT2D eigenvalue weighted by molar-refractivity contribution is 6.30. The number of carbonyl (C=O) groups excluding carboxylic acids is 2. The van der Waals surface area contributed by atoms with Gasteiger partial charge in [-0.05, 0) is 68.8 Å². The molecular formula is C27H40ClF3N4O4. The molecule has 1 saturated carbocycles. The third-order valence-corrected chi connectivity index (χ3v) is 7.69. The van der Waals surface area contributed by atoms with Gasteiger partial charge in [-0.15, -0.1) is 0 Å². The second-order valence-corrected chi connectivity index (χ2v) is 10.9. The number of benzene rings is 1. The van der Waals surface area contributed by atoms with E-state index in [2.05, 4.69) is 20.7 Å². The molecule has 220 valence electrons. The van der Waals surface area contributed by atoms with Gasteiger partial charge in [0.25, 0.3) is 0 Å². The third kappa shape index (κ3) is 10.0. The largest absolute Gasteiger partial charge is 0.453 e. The Labute approximate surface area is 233 Å². The van der Waals surface area contributed by atoms with Gasteiger partial charge in [-0.25, -0.2) is 22.8 Å². The van der Waals surface area contributed by atoms with E-state index in [4.69, 9.17) is 16.3 Å². The van der Waals surface area contributed by atoms with Crippen LogP contribution in [0.5, 0.6) is 0 Å². The molecule has 1 aliphatic carbocycles. The van der Waals surface area contributed by atoms with Gasteiger partial charge in [0.15, 0.2) is 0 Å². The van der Waals surface area contributed by atoms with E-state index in [1.54, 1.807) is 18.0 Å². The number of alkyl halides is 2. The molecule has 0 bridgehead atoms. The molecule has 1 heterocycles. The first-order chi connectivity index (χ1) is 18.6. The third-order valence-electron chi connectivity index (χ3n) is 7.47. The van der Waals surface area contributed by atoms with Crippen molar-refractivity contribution < 1.29 is 32.2 Å². The SMILES string of the molecule is CNC[C@H](CC1CCC(F)(F)CC1)NC(=O)N1CCC[C@@H](C(OCCNC(=O)OC)c2cc(F)cc(Cl)c2)C1. The zero-order valence-corrected chi connectivity index (χ0v) is 23.4. The van der Waals surface area contributed by atoms with Gasteiger partial charge in [-0.2, -0.15) is 0 Å². The number of urea groups is 1. The molecule has 1 aromatic rings. The van der Waals surface area contributed by atoms with Gasteiger partial charge in [0.05, 0.1) is 19.8 Å². The standard InChI is InChI=1S/C27H40ClF3N4O4/c1-32-16-23(12-18-5-7-27(30,31)8-6-18)34-25(36)35-10-3-4-19(17-35)24(39-11-9-33-26(37)38-2)20-13-21(28)15-22(29)14-20/h13-15,18-19,23-24,32H,3-12,16-17H2,1-2H3,(H,33,37)(H,34,36)/t19-,23+,24?/m1/s1. The summed E-state index contributed by atoms with van der Waals surface area (Å²) in [5, 5.41) is 8.99. The summed E-state index contributed by atoms with van der Waals surface area (Å²) < 4.78 is 52.1. The molecule has 2 fully saturated rings. The molecule has 2 aliphatic rings. The number of amides is 3. The topological polar surface area (TPSA) is 91.9 Å². The summed E-state index contributed by atoms with van der Waals surface area (Å²) in [6.07, 6.45) is 1.69. The highest BCUT2D eigenvalue weighted by atomic mass is 35.5. The quantitative estimate of drug-likeness (QED) is 0.318. The summed E-state index contributed by atoms with van der Waals surface area (Å²) in [6, 6.07) is 3.85. The number of nitrogens with zero attached hydrogens (tertiary/aromatic N) is 1. The van der Waals surface area contributed by atoms with Crippen molar-refractivity contribution in [3.8, 4) is 0 Å². The molecule has 8 nitrogen and oxygen atoms in total. The van der Waals surface area contributed by atoms with Crippen LogP contribution in [-0.4, -0.2) is 75.9 Å². The van der Waals surface area contributed by atoms with Crippen molar-refractivity contribution in [3.05, 3.63) is 34.6 Å². The Morgan fingerprint density at radius 2 is 1.95 bits per heavy atom. The Bertz CT molecular complexity index is 927. The summed E-state index contributed by atoms with van der Waals surface area (Å²) in [6.45, 7) is 1.83. The van der Waals surface area contributed by atoms with Crippen molar-refractivity contribution >= 4 is 23.7 Å². The minimum Gasteiger partial charge on any atom is -0.453 e. The van der Waals surface area contributed by atoms with Crippen molar-refractivity contribution in [2.75, 3.05) is 46.9 Å². The molecule has 3 amide bonds. The van der Waals surface area contributed by atoms with E-state index < -0.39 is 23.9 Å². The van der Waals surface area contributed by atoms with E-state index in [-0.39, 0.29) is 54.9 Å². The molecular weight excluding hydrogens is 537 g/mol. The summed E-state index contributed by atoms with van der Waals surface area (Å²) in [5.74, 6) is -3.06. The van der Waals surface area contributed by atoms with Gasteiger partial charge in [0.2, 0.25) is 5.92 Å². The maximum atomic E-state index is 14.2. The van der Waals surface area contributed by atoms with Gasteiger partial charge in [0, 0.05) is 56.0 Å². The number of halogens is 4. The molecule has 0 aromatic heterocycles. The number of piperidine rings is 1. The van der Waals surface area contributed by atoms with Gasteiger partial charge in [0.1, 0.15) is 5.82 Å². The average Bonchev–Trinajstić information content (AvgIpc) is 2.89. The van der Waals surface area contributed by atoms with E-state index in [1.165, 1.54) is 19.2 Å². The minimum absolute atomic E-state index is 0.105. The Balaban J connectivity index is 1.64. The molecule has 0 spiro atoms. The fourth-order valence-corrected chi connectivity index (χ4v) is 5.77. The normalized spacial score (nSPS) is 21.2. The molecule has 1 saturated heterocycles. The first-order valence-corrected chi connectivity index (χ1v) is 13.9. The van der Waals surface area contributed by atoms with E-state index in [1.807, 2.05) is 0 Å². The van der Waals surface area contributed by atoms with Crippen LogP contribution in [0, 0.1) is 17.7 Å². The van der Waals surface area contributed by atoms with Gasteiger partial charge >= 0.3 is 12.1 Å². The highest BCUT2D eigenvalue weighted by Gasteiger charge is 2.36. The number of likely N-dealkylation sites (N-methyl/N-ethyl adjacent to an activating group) is 1. The molecule has 39 heavy (non-hydrogen) atoms.